The standard InChI is InChI=1S/C13H19N3S/c1-9-6-10(12(14)17)7-11(16-9)15-8-13(2)4-3-5-13/h6-7H,3-5,8H2,1-2H3,(H2,14,17)(H,15,16). The van der Waals surface area contributed by atoms with Gasteiger partial charge in [0.05, 0.1) is 0 Å². The van der Waals surface area contributed by atoms with E-state index in [1.807, 2.05) is 19.1 Å². The molecular weight excluding hydrogens is 230 g/mol. The summed E-state index contributed by atoms with van der Waals surface area (Å²) in [5.74, 6) is 0.876. The first-order chi connectivity index (χ1) is 7.98. The summed E-state index contributed by atoms with van der Waals surface area (Å²) in [6.07, 6.45) is 3.94. The highest BCUT2D eigenvalue weighted by Crippen LogP contribution is 2.40. The minimum absolute atomic E-state index is 0.424. The molecule has 1 aliphatic carbocycles. The highest BCUT2D eigenvalue weighted by Gasteiger charge is 2.31. The summed E-state index contributed by atoms with van der Waals surface area (Å²) < 4.78 is 0. The maximum atomic E-state index is 5.65. The lowest BCUT2D eigenvalue weighted by Gasteiger charge is -2.38. The number of rotatable bonds is 4. The molecule has 92 valence electrons. The lowest BCUT2D eigenvalue weighted by atomic mass is 9.70. The Balaban J connectivity index is 2.07. The summed E-state index contributed by atoms with van der Waals surface area (Å²) in [4.78, 5) is 4.88. The number of aromatic nitrogens is 1. The maximum Gasteiger partial charge on any atom is 0.126 e. The summed E-state index contributed by atoms with van der Waals surface area (Å²) in [6.45, 7) is 5.24. The molecule has 0 spiro atoms. The van der Waals surface area contributed by atoms with Gasteiger partial charge in [-0.05, 0) is 37.3 Å². The smallest absolute Gasteiger partial charge is 0.126 e. The van der Waals surface area contributed by atoms with Crippen molar-refractivity contribution in [2.75, 3.05) is 11.9 Å². The van der Waals surface area contributed by atoms with Gasteiger partial charge in [0.15, 0.2) is 0 Å². The Hall–Kier alpha value is -1.16. The molecule has 0 amide bonds. The Bertz CT molecular complexity index is 438. The van der Waals surface area contributed by atoms with Gasteiger partial charge in [-0.25, -0.2) is 4.98 Å². The molecule has 1 aliphatic rings. The fourth-order valence-corrected chi connectivity index (χ4v) is 2.28. The molecule has 0 bridgehead atoms. The molecule has 0 radical (unpaired) electrons. The van der Waals surface area contributed by atoms with Gasteiger partial charge in [0.1, 0.15) is 10.8 Å². The van der Waals surface area contributed by atoms with Crippen molar-refractivity contribution in [1.82, 2.24) is 4.98 Å². The number of anilines is 1. The molecule has 0 saturated heterocycles. The van der Waals surface area contributed by atoms with E-state index >= 15 is 0 Å². The summed E-state index contributed by atoms with van der Waals surface area (Å²) in [7, 11) is 0. The third-order valence-electron chi connectivity index (χ3n) is 3.49. The highest BCUT2D eigenvalue weighted by molar-refractivity contribution is 7.80. The van der Waals surface area contributed by atoms with Crippen molar-refractivity contribution in [1.29, 1.82) is 0 Å². The van der Waals surface area contributed by atoms with Gasteiger partial charge in [-0.1, -0.05) is 25.6 Å². The Morgan fingerprint density at radius 3 is 2.76 bits per heavy atom. The molecule has 0 unspecified atom stereocenters. The number of pyridine rings is 1. The molecule has 1 aromatic heterocycles. The van der Waals surface area contributed by atoms with Crippen LogP contribution in [-0.2, 0) is 0 Å². The van der Waals surface area contributed by atoms with E-state index in [1.165, 1.54) is 19.3 Å². The molecule has 1 heterocycles. The molecule has 1 fully saturated rings. The molecule has 0 atom stereocenters. The summed E-state index contributed by atoms with van der Waals surface area (Å²) in [5, 5.41) is 3.40. The van der Waals surface area contributed by atoms with E-state index in [4.69, 9.17) is 18.0 Å². The van der Waals surface area contributed by atoms with E-state index in [2.05, 4.69) is 17.2 Å². The van der Waals surface area contributed by atoms with Gasteiger partial charge in [-0.3, -0.25) is 0 Å². The first kappa shape index (κ1) is 12.3. The van der Waals surface area contributed by atoms with E-state index in [0.717, 1.165) is 23.6 Å². The second-order valence-corrected chi connectivity index (χ2v) is 5.70. The third kappa shape index (κ3) is 2.94. The second kappa shape index (κ2) is 4.61. The summed E-state index contributed by atoms with van der Waals surface area (Å²) in [6, 6.07) is 3.84. The Kier molecular flexibility index (Phi) is 3.33. The normalized spacial score (nSPS) is 17.3. The minimum Gasteiger partial charge on any atom is -0.389 e. The van der Waals surface area contributed by atoms with Gasteiger partial charge in [-0.2, -0.15) is 0 Å². The number of hydrogen-bond acceptors (Lipinski definition) is 3. The number of nitrogens with one attached hydrogen (secondary N) is 1. The van der Waals surface area contributed by atoms with Crippen LogP contribution in [0.3, 0.4) is 0 Å². The van der Waals surface area contributed by atoms with Gasteiger partial charge in [0.2, 0.25) is 0 Å². The molecule has 4 heteroatoms. The van der Waals surface area contributed by atoms with Crippen molar-refractivity contribution in [2.45, 2.75) is 33.1 Å². The molecular formula is C13H19N3S. The average molecular weight is 249 g/mol. The van der Waals surface area contributed by atoms with Crippen molar-refractivity contribution in [3.63, 3.8) is 0 Å². The van der Waals surface area contributed by atoms with Gasteiger partial charge < -0.3 is 11.1 Å². The molecule has 1 saturated carbocycles. The zero-order valence-corrected chi connectivity index (χ0v) is 11.2. The summed E-state index contributed by atoms with van der Waals surface area (Å²) >= 11 is 5.00. The third-order valence-corrected chi connectivity index (χ3v) is 3.73. The van der Waals surface area contributed by atoms with E-state index < -0.39 is 0 Å². The van der Waals surface area contributed by atoms with Crippen LogP contribution in [0.25, 0.3) is 0 Å². The zero-order valence-electron chi connectivity index (χ0n) is 10.4. The van der Waals surface area contributed by atoms with E-state index in [0.29, 0.717) is 10.4 Å². The van der Waals surface area contributed by atoms with Gasteiger partial charge in [0.25, 0.3) is 0 Å². The molecule has 2 rings (SSSR count). The molecule has 0 aliphatic heterocycles. The molecule has 0 aromatic carbocycles. The largest absolute Gasteiger partial charge is 0.389 e. The number of thiocarbonyl (C=S) groups is 1. The van der Waals surface area contributed by atoms with Gasteiger partial charge >= 0.3 is 0 Å². The van der Waals surface area contributed by atoms with Crippen LogP contribution in [0.1, 0.15) is 37.4 Å². The SMILES string of the molecule is Cc1cc(C(N)=S)cc(NCC2(C)CCC2)n1. The van der Waals surface area contributed by atoms with Crippen LogP contribution < -0.4 is 11.1 Å². The molecule has 3 N–H and O–H groups in total. The fourth-order valence-electron chi connectivity index (χ4n) is 2.16. The van der Waals surface area contributed by atoms with E-state index in [-0.39, 0.29) is 0 Å². The van der Waals surface area contributed by atoms with Crippen LogP contribution in [0.2, 0.25) is 0 Å². The summed E-state index contributed by atoms with van der Waals surface area (Å²) in [5.41, 5.74) is 7.91. The average Bonchev–Trinajstić information content (AvgIpc) is 2.23. The van der Waals surface area contributed by atoms with E-state index in [9.17, 15) is 0 Å². The van der Waals surface area contributed by atoms with Crippen molar-refractivity contribution >= 4 is 23.0 Å². The predicted octanol–water partition coefficient (Wildman–Crippen LogP) is 2.63. The van der Waals surface area contributed by atoms with Crippen LogP contribution in [0.15, 0.2) is 12.1 Å². The highest BCUT2D eigenvalue weighted by atomic mass is 32.1. The lowest BCUT2D eigenvalue weighted by Crippen LogP contribution is -2.33. The lowest BCUT2D eigenvalue weighted by molar-refractivity contribution is 0.180. The fraction of sp³-hybridized carbons (Fsp3) is 0.538. The maximum absolute atomic E-state index is 5.65. The van der Waals surface area contributed by atoms with Crippen LogP contribution in [-0.4, -0.2) is 16.5 Å². The molecule has 1 aromatic rings. The first-order valence-corrected chi connectivity index (χ1v) is 6.42. The van der Waals surface area contributed by atoms with Crippen LogP contribution in [0.4, 0.5) is 5.82 Å². The Morgan fingerprint density at radius 1 is 1.53 bits per heavy atom. The van der Waals surface area contributed by atoms with Gasteiger partial charge in [-0.15, -0.1) is 0 Å². The van der Waals surface area contributed by atoms with Gasteiger partial charge in [0, 0.05) is 17.8 Å². The van der Waals surface area contributed by atoms with Crippen LogP contribution in [0, 0.1) is 12.3 Å². The van der Waals surface area contributed by atoms with Crippen molar-refractivity contribution in [3.8, 4) is 0 Å². The molecule has 17 heavy (non-hydrogen) atoms. The Labute approximate surface area is 108 Å². The number of nitrogens with two attached hydrogens (primary N) is 1. The number of aryl methyl sites for hydroxylation is 1. The van der Waals surface area contributed by atoms with E-state index in [1.54, 1.807) is 0 Å². The number of nitrogens with zero attached hydrogens (tertiary/aromatic N) is 1. The zero-order chi connectivity index (χ0) is 12.5. The minimum atomic E-state index is 0.424. The topological polar surface area (TPSA) is 50.9 Å². The Morgan fingerprint density at radius 2 is 2.24 bits per heavy atom. The quantitative estimate of drug-likeness (QED) is 0.805. The monoisotopic (exact) mass is 249 g/mol. The second-order valence-electron chi connectivity index (χ2n) is 5.26. The van der Waals surface area contributed by atoms with Crippen LogP contribution in [0.5, 0.6) is 0 Å². The predicted molar refractivity (Wildman–Crippen MR) is 75.3 cm³/mol. The van der Waals surface area contributed by atoms with Crippen molar-refractivity contribution in [2.24, 2.45) is 11.1 Å². The van der Waals surface area contributed by atoms with Crippen LogP contribution >= 0.6 is 12.2 Å². The van der Waals surface area contributed by atoms with Crippen molar-refractivity contribution in [3.05, 3.63) is 23.4 Å². The first-order valence-electron chi connectivity index (χ1n) is 6.01. The molecule has 3 nitrogen and oxygen atoms in total. The number of hydrogen-bond donors (Lipinski definition) is 2. The van der Waals surface area contributed by atoms with Crippen molar-refractivity contribution < 1.29 is 0 Å².